The summed E-state index contributed by atoms with van der Waals surface area (Å²) in [6.45, 7) is 0.865. The third-order valence-corrected chi connectivity index (χ3v) is 1.86. The summed E-state index contributed by atoms with van der Waals surface area (Å²) in [6.07, 6.45) is 1.78. The second kappa shape index (κ2) is 2.74. The molecule has 0 saturated heterocycles. The lowest BCUT2D eigenvalue weighted by Crippen LogP contribution is -2.14. The van der Waals surface area contributed by atoms with E-state index in [1.165, 1.54) is 5.56 Å². The van der Waals surface area contributed by atoms with Crippen molar-refractivity contribution in [2.24, 2.45) is 4.99 Å². The second-order valence-electron chi connectivity index (χ2n) is 2.62. The molecule has 1 atom stereocenters. The van der Waals surface area contributed by atoms with Crippen LogP contribution in [-0.4, -0.2) is 12.9 Å². The highest BCUT2D eigenvalue weighted by atomic mass is 15.1. The molecule has 1 aromatic rings. The van der Waals surface area contributed by atoms with Gasteiger partial charge in [0.15, 0.2) is 0 Å². The van der Waals surface area contributed by atoms with Crippen molar-refractivity contribution in [3.8, 4) is 0 Å². The Hall–Kier alpha value is -1.31. The summed E-state index contributed by atoms with van der Waals surface area (Å²) in [4.78, 5) is 4.11. The topological polar surface area (TPSA) is 24.4 Å². The lowest BCUT2D eigenvalue weighted by atomic mass is 10.1. The molecule has 1 N–H and O–H groups in total. The van der Waals surface area contributed by atoms with E-state index >= 15 is 0 Å². The van der Waals surface area contributed by atoms with Crippen molar-refractivity contribution in [1.82, 2.24) is 5.32 Å². The number of hydrogen-bond donors (Lipinski definition) is 1. The van der Waals surface area contributed by atoms with Crippen LogP contribution in [0.4, 0.5) is 0 Å². The molecular weight excluding hydrogens is 136 g/mol. The van der Waals surface area contributed by atoms with Crippen LogP contribution in [0, 0.1) is 0 Å². The van der Waals surface area contributed by atoms with Gasteiger partial charge < -0.3 is 5.32 Å². The molecule has 1 heterocycles. The average Bonchev–Trinajstić information content (AvgIpc) is 2.58. The molecule has 0 saturated carbocycles. The Morgan fingerprint density at radius 3 is 2.73 bits per heavy atom. The van der Waals surface area contributed by atoms with Crippen LogP contribution in [0.3, 0.4) is 0 Å². The highest BCUT2D eigenvalue weighted by Gasteiger charge is 2.10. The predicted molar refractivity (Wildman–Crippen MR) is 45.7 cm³/mol. The summed E-state index contributed by atoms with van der Waals surface area (Å²) in [7, 11) is 0. The van der Waals surface area contributed by atoms with Gasteiger partial charge in [-0.05, 0) is 5.56 Å². The number of benzene rings is 1. The van der Waals surface area contributed by atoms with E-state index in [0.29, 0.717) is 6.04 Å². The van der Waals surface area contributed by atoms with E-state index in [0.717, 1.165) is 6.54 Å². The first-order chi connectivity index (χ1) is 5.47. The van der Waals surface area contributed by atoms with E-state index in [9.17, 15) is 0 Å². The largest absolute Gasteiger partial charge is 0.368 e. The monoisotopic (exact) mass is 146 g/mol. The number of hydrogen-bond acceptors (Lipinski definition) is 2. The zero-order chi connectivity index (χ0) is 7.52. The second-order valence-corrected chi connectivity index (χ2v) is 2.62. The van der Waals surface area contributed by atoms with Crippen molar-refractivity contribution in [3.63, 3.8) is 0 Å². The first-order valence-electron chi connectivity index (χ1n) is 3.76. The molecule has 0 spiro atoms. The first-order valence-corrected chi connectivity index (χ1v) is 3.76. The molecule has 2 heteroatoms. The standard InChI is InChI=1S/C9H10N2/c1-2-4-8(5-3-1)9-6-10-7-11-9/h1-5,7,9H,6H2,(H,10,11). The van der Waals surface area contributed by atoms with E-state index in [4.69, 9.17) is 0 Å². The van der Waals surface area contributed by atoms with E-state index < -0.39 is 0 Å². The Balaban J connectivity index is 2.17. The van der Waals surface area contributed by atoms with Crippen LogP contribution in [0.15, 0.2) is 35.3 Å². The summed E-state index contributed by atoms with van der Waals surface area (Å²) in [6, 6.07) is 10.8. The molecule has 1 aliphatic rings. The Labute approximate surface area is 66.0 Å². The van der Waals surface area contributed by atoms with Gasteiger partial charge in [0.2, 0.25) is 0 Å². The number of rotatable bonds is 1. The van der Waals surface area contributed by atoms with Gasteiger partial charge in [0.05, 0.1) is 18.9 Å². The van der Waals surface area contributed by atoms with Crippen molar-refractivity contribution < 1.29 is 0 Å². The van der Waals surface area contributed by atoms with Gasteiger partial charge in [-0.2, -0.15) is 0 Å². The molecule has 1 aromatic carbocycles. The Kier molecular flexibility index (Phi) is 1.60. The summed E-state index contributed by atoms with van der Waals surface area (Å²) in [5, 5.41) is 3.18. The molecule has 0 aromatic heterocycles. The number of nitrogens with zero attached hydrogens (tertiary/aromatic N) is 1. The van der Waals surface area contributed by atoms with Crippen molar-refractivity contribution >= 4 is 6.34 Å². The van der Waals surface area contributed by atoms with Crippen molar-refractivity contribution in [2.75, 3.05) is 6.54 Å². The maximum Gasteiger partial charge on any atom is 0.0830 e. The van der Waals surface area contributed by atoms with Crippen molar-refractivity contribution in [3.05, 3.63) is 35.9 Å². The molecule has 11 heavy (non-hydrogen) atoms. The third-order valence-electron chi connectivity index (χ3n) is 1.86. The van der Waals surface area contributed by atoms with E-state index in [1.807, 2.05) is 6.07 Å². The summed E-state index contributed by atoms with van der Waals surface area (Å²) < 4.78 is 0. The maximum atomic E-state index is 4.11. The Morgan fingerprint density at radius 1 is 1.27 bits per heavy atom. The fraction of sp³-hybridized carbons (Fsp3) is 0.222. The lowest BCUT2D eigenvalue weighted by Gasteiger charge is -2.08. The first kappa shape index (κ1) is 6.40. The summed E-state index contributed by atoms with van der Waals surface area (Å²) in [5.41, 5.74) is 1.31. The SMILES string of the molecule is C1=NCC(c2ccccc2)N1. The minimum atomic E-state index is 0.399. The number of aliphatic imine (C=N–C) groups is 1. The van der Waals surface area contributed by atoms with Crippen molar-refractivity contribution in [2.45, 2.75) is 6.04 Å². The van der Waals surface area contributed by atoms with Gasteiger partial charge in [-0.1, -0.05) is 30.3 Å². The van der Waals surface area contributed by atoms with E-state index in [1.54, 1.807) is 6.34 Å². The van der Waals surface area contributed by atoms with Crippen LogP contribution >= 0.6 is 0 Å². The summed E-state index contributed by atoms with van der Waals surface area (Å²) >= 11 is 0. The van der Waals surface area contributed by atoms with Gasteiger partial charge in [0, 0.05) is 0 Å². The summed E-state index contributed by atoms with van der Waals surface area (Å²) in [5.74, 6) is 0. The lowest BCUT2D eigenvalue weighted by molar-refractivity contribution is 0.713. The molecule has 2 rings (SSSR count). The molecule has 1 aliphatic heterocycles. The van der Waals surface area contributed by atoms with Crippen LogP contribution in [0.25, 0.3) is 0 Å². The Bertz CT molecular complexity index is 246. The molecule has 56 valence electrons. The van der Waals surface area contributed by atoms with E-state index in [2.05, 4.69) is 34.6 Å². The van der Waals surface area contributed by atoms with Crippen LogP contribution in [0.5, 0.6) is 0 Å². The van der Waals surface area contributed by atoms with Crippen LogP contribution < -0.4 is 5.32 Å². The quantitative estimate of drug-likeness (QED) is 0.635. The molecule has 0 amide bonds. The van der Waals surface area contributed by atoms with Crippen molar-refractivity contribution in [1.29, 1.82) is 0 Å². The third kappa shape index (κ3) is 1.24. The molecule has 1 unspecified atom stereocenters. The molecule has 0 aliphatic carbocycles. The fourth-order valence-corrected chi connectivity index (χ4v) is 1.24. The zero-order valence-electron chi connectivity index (χ0n) is 6.20. The highest BCUT2D eigenvalue weighted by molar-refractivity contribution is 5.58. The molecular formula is C9H10N2. The van der Waals surface area contributed by atoms with Gasteiger partial charge in [0.1, 0.15) is 0 Å². The minimum Gasteiger partial charge on any atom is -0.368 e. The fourth-order valence-electron chi connectivity index (χ4n) is 1.24. The van der Waals surface area contributed by atoms with E-state index in [-0.39, 0.29) is 0 Å². The van der Waals surface area contributed by atoms with Gasteiger partial charge in [-0.3, -0.25) is 4.99 Å². The molecule has 0 radical (unpaired) electrons. The normalized spacial score (nSPS) is 21.6. The van der Waals surface area contributed by atoms with Gasteiger partial charge in [0.25, 0.3) is 0 Å². The highest BCUT2D eigenvalue weighted by Crippen LogP contribution is 2.13. The Morgan fingerprint density at radius 2 is 2.09 bits per heavy atom. The van der Waals surface area contributed by atoms with Crippen LogP contribution in [0.1, 0.15) is 11.6 Å². The van der Waals surface area contributed by atoms with Gasteiger partial charge in [-0.25, -0.2) is 0 Å². The number of nitrogens with one attached hydrogen (secondary N) is 1. The molecule has 2 nitrogen and oxygen atoms in total. The average molecular weight is 146 g/mol. The molecule has 0 bridgehead atoms. The smallest absolute Gasteiger partial charge is 0.0830 e. The van der Waals surface area contributed by atoms with Crippen LogP contribution in [0.2, 0.25) is 0 Å². The minimum absolute atomic E-state index is 0.399. The predicted octanol–water partition coefficient (Wildman–Crippen LogP) is 1.36. The van der Waals surface area contributed by atoms with Gasteiger partial charge in [-0.15, -0.1) is 0 Å². The van der Waals surface area contributed by atoms with Gasteiger partial charge >= 0.3 is 0 Å². The zero-order valence-corrected chi connectivity index (χ0v) is 6.20. The maximum absolute atomic E-state index is 4.11. The van der Waals surface area contributed by atoms with Crippen LogP contribution in [-0.2, 0) is 0 Å². The molecule has 0 fully saturated rings.